The van der Waals surface area contributed by atoms with Crippen LogP contribution in [0.25, 0.3) is 0 Å². The van der Waals surface area contributed by atoms with Crippen molar-refractivity contribution in [2.45, 2.75) is 51.0 Å². The molecule has 0 bridgehead atoms. The summed E-state index contributed by atoms with van der Waals surface area (Å²) in [6.07, 6.45) is 2.90. The highest BCUT2D eigenvalue weighted by molar-refractivity contribution is 7.91. The average Bonchev–Trinajstić information content (AvgIpc) is 2.36. The lowest BCUT2D eigenvalue weighted by atomic mass is 10.2. The van der Waals surface area contributed by atoms with Gasteiger partial charge in [-0.3, -0.25) is 0 Å². The summed E-state index contributed by atoms with van der Waals surface area (Å²) >= 11 is 0. The van der Waals surface area contributed by atoms with Crippen LogP contribution in [-0.4, -0.2) is 26.8 Å². The molecule has 0 amide bonds. The van der Waals surface area contributed by atoms with Crippen LogP contribution in [0.2, 0.25) is 0 Å². The lowest BCUT2D eigenvalue weighted by molar-refractivity contribution is 0.500. The molecular weight excluding hydrogens is 258 g/mol. The van der Waals surface area contributed by atoms with Crippen molar-refractivity contribution in [2.75, 3.05) is 12.3 Å². The maximum absolute atomic E-state index is 12.4. The molecule has 4 heteroatoms. The van der Waals surface area contributed by atoms with E-state index in [4.69, 9.17) is 0 Å². The Bertz CT molecular complexity index is 465. The number of hydrogen-bond donors (Lipinski definition) is 1. The molecule has 0 fully saturated rings. The van der Waals surface area contributed by atoms with E-state index >= 15 is 0 Å². The highest BCUT2D eigenvalue weighted by Gasteiger charge is 2.20. The number of nitrogens with one attached hydrogen (secondary N) is 1. The van der Waals surface area contributed by atoms with Crippen molar-refractivity contribution in [1.29, 1.82) is 0 Å². The van der Waals surface area contributed by atoms with Crippen LogP contribution in [0.15, 0.2) is 29.2 Å². The first-order chi connectivity index (χ1) is 8.99. The second-order valence-corrected chi connectivity index (χ2v) is 7.07. The molecule has 0 aromatic heterocycles. The molecule has 0 aliphatic heterocycles. The molecule has 0 aliphatic carbocycles. The third-order valence-corrected chi connectivity index (χ3v) is 4.95. The van der Waals surface area contributed by atoms with Gasteiger partial charge in [0.25, 0.3) is 0 Å². The van der Waals surface area contributed by atoms with Gasteiger partial charge in [0.05, 0.1) is 10.6 Å². The molecule has 1 aromatic rings. The van der Waals surface area contributed by atoms with Gasteiger partial charge in [0.2, 0.25) is 0 Å². The van der Waals surface area contributed by atoms with Gasteiger partial charge >= 0.3 is 0 Å². The van der Waals surface area contributed by atoms with Crippen molar-refractivity contribution in [1.82, 2.24) is 5.32 Å². The van der Waals surface area contributed by atoms with E-state index in [1.54, 1.807) is 12.1 Å². The summed E-state index contributed by atoms with van der Waals surface area (Å²) in [5.74, 6) is 0.184. The Morgan fingerprint density at radius 1 is 1.11 bits per heavy atom. The molecule has 3 nitrogen and oxygen atoms in total. The quantitative estimate of drug-likeness (QED) is 0.798. The summed E-state index contributed by atoms with van der Waals surface area (Å²) in [7, 11) is -3.19. The fourth-order valence-electron chi connectivity index (χ4n) is 2.05. The van der Waals surface area contributed by atoms with Crippen LogP contribution in [0.1, 0.15) is 38.7 Å². The zero-order valence-electron chi connectivity index (χ0n) is 12.1. The minimum Gasteiger partial charge on any atom is -0.313 e. The van der Waals surface area contributed by atoms with E-state index in [1.165, 1.54) is 0 Å². The Hall–Kier alpha value is -0.870. The summed E-state index contributed by atoms with van der Waals surface area (Å²) < 4.78 is 24.7. The second kappa shape index (κ2) is 7.65. The molecule has 0 heterocycles. The molecule has 0 saturated carbocycles. The zero-order chi connectivity index (χ0) is 14.3. The van der Waals surface area contributed by atoms with Gasteiger partial charge in [-0.05, 0) is 38.4 Å². The van der Waals surface area contributed by atoms with Gasteiger partial charge in [0.15, 0.2) is 9.84 Å². The van der Waals surface area contributed by atoms with Crippen molar-refractivity contribution in [3.63, 3.8) is 0 Å². The van der Waals surface area contributed by atoms with E-state index in [2.05, 4.69) is 19.2 Å². The molecule has 0 spiro atoms. The van der Waals surface area contributed by atoms with Gasteiger partial charge in [-0.15, -0.1) is 0 Å². The number of sulfone groups is 1. The minimum absolute atomic E-state index is 0.0521. The van der Waals surface area contributed by atoms with Crippen molar-refractivity contribution in [2.24, 2.45) is 0 Å². The molecule has 1 atom stereocenters. The van der Waals surface area contributed by atoms with Gasteiger partial charge in [-0.2, -0.15) is 0 Å². The Morgan fingerprint density at radius 2 is 1.74 bits per heavy atom. The third-order valence-electron chi connectivity index (χ3n) is 3.12. The smallest absolute Gasteiger partial charge is 0.179 e. The standard InChI is InChI=1S/C15H25NO2S/c1-4-6-14(16-11-5-2)12-19(17,18)15-9-7-13(3)8-10-15/h7-10,14,16H,4-6,11-12H2,1-3H3. The summed E-state index contributed by atoms with van der Waals surface area (Å²) in [5.41, 5.74) is 1.08. The molecule has 0 aliphatic rings. The number of hydrogen-bond acceptors (Lipinski definition) is 3. The van der Waals surface area contributed by atoms with E-state index < -0.39 is 9.84 Å². The Balaban J connectivity index is 2.78. The van der Waals surface area contributed by atoms with Gasteiger partial charge in [0.1, 0.15) is 0 Å². The number of rotatable bonds is 8. The lowest BCUT2D eigenvalue weighted by Crippen LogP contribution is -2.36. The van der Waals surface area contributed by atoms with Crippen molar-refractivity contribution in [3.8, 4) is 0 Å². The maximum atomic E-state index is 12.4. The highest BCUT2D eigenvalue weighted by Crippen LogP contribution is 2.14. The van der Waals surface area contributed by atoms with Crippen molar-refractivity contribution >= 4 is 9.84 Å². The first-order valence-corrected chi connectivity index (χ1v) is 8.67. The second-order valence-electron chi connectivity index (χ2n) is 5.03. The molecule has 19 heavy (non-hydrogen) atoms. The Labute approximate surface area is 117 Å². The predicted octanol–water partition coefficient (Wildman–Crippen LogP) is 2.94. The summed E-state index contributed by atoms with van der Waals surface area (Å²) in [6, 6.07) is 7.15. The van der Waals surface area contributed by atoms with Gasteiger partial charge < -0.3 is 5.32 Å². The van der Waals surface area contributed by atoms with Gasteiger partial charge in [0, 0.05) is 6.04 Å². The Morgan fingerprint density at radius 3 is 2.26 bits per heavy atom. The van der Waals surface area contributed by atoms with Crippen LogP contribution in [0.4, 0.5) is 0 Å². The lowest BCUT2D eigenvalue weighted by Gasteiger charge is -2.18. The van der Waals surface area contributed by atoms with Crippen LogP contribution in [0.3, 0.4) is 0 Å². The predicted molar refractivity (Wildman–Crippen MR) is 80.2 cm³/mol. The first-order valence-electron chi connectivity index (χ1n) is 7.02. The van der Waals surface area contributed by atoms with Crippen LogP contribution in [0, 0.1) is 6.92 Å². The van der Waals surface area contributed by atoms with E-state index in [1.807, 2.05) is 19.1 Å². The van der Waals surface area contributed by atoms with Crippen LogP contribution >= 0.6 is 0 Å². The van der Waals surface area contributed by atoms with Crippen LogP contribution in [0.5, 0.6) is 0 Å². The molecule has 0 saturated heterocycles. The van der Waals surface area contributed by atoms with E-state index in [0.29, 0.717) is 4.90 Å². The largest absolute Gasteiger partial charge is 0.313 e. The van der Waals surface area contributed by atoms with Crippen LogP contribution in [-0.2, 0) is 9.84 Å². The fraction of sp³-hybridized carbons (Fsp3) is 0.600. The van der Waals surface area contributed by atoms with Crippen molar-refractivity contribution in [3.05, 3.63) is 29.8 Å². The Kier molecular flexibility index (Phi) is 6.52. The maximum Gasteiger partial charge on any atom is 0.179 e. The molecule has 1 rings (SSSR count). The summed E-state index contributed by atoms with van der Waals surface area (Å²) in [4.78, 5) is 0.428. The number of aryl methyl sites for hydroxylation is 1. The molecular formula is C15H25NO2S. The van der Waals surface area contributed by atoms with Gasteiger partial charge in [-0.1, -0.05) is 38.0 Å². The molecule has 1 N–H and O–H groups in total. The third kappa shape index (κ3) is 5.33. The number of benzene rings is 1. The SMILES string of the molecule is CCCNC(CCC)CS(=O)(=O)c1ccc(C)cc1. The van der Waals surface area contributed by atoms with E-state index in [-0.39, 0.29) is 11.8 Å². The topological polar surface area (TPSA) is 46.2 Å². The minimum atomic E-state index is -3.19. The van der Waals surface area contributed by atoms with E-state index in [9.17, 15) is 8.42 Å². The van der Waals surface area contributed by atoms with Crippen LogP contribution < -0.4 is 5.32 Å². The zero-order valence-corrected chi connectivity index (χ0v) is 13.0. The summed E-state index contributed by atoms with van der Waals surface area (Å²) in [5, 5.41) is 3.33. The molecule has 108 valence electrons. The molecule has 1 unspecified atom stereocenters. The van der Waals surface area contributed by atoms with Gasteiger partial charge in [-0.25, -0.2) is 8.42 Å². The highest BCUT2D eigenvalue weighted by atomic mass is 32.2. The summed E-state index contributed by atoms with van der Waals surface area (Å²) in [6.45, 7) is 7.00. The van der Waals surface area contributed by atoms with E-state index in [0.717, 1.165) is 31.4 Å². The monoisotopic (exact) mass is 283 g/mol. The van der Waals surface area contributed by atoms with Crippen molar-refractivity contribution < 1.29 is 8.42 Å². The fourth-order valence-corrected chi connectivity index (χ4v) is 3.61. The molecule has 0 radical (unpaired) electrons. The first kappa shape index (κ1) is 16.2. The molecule has 1 aromatic carbocycles. The normalized spacial score (nSPS) is 13.4. The average molecular weight is 283 g/mol.